The zero-order valence-corrected chi connectivity index (χ0v) is 15.0. The normalized spacial score (nSPS) is 10.9. The molecule has 0 saturated carbocycles. The van der Waals surface area contributed by atoms with Crippen LogP contribution >= 0.6 is 0 Å². The Balaban J connectivity index is 1.76. The van der Waals surface area contributed by atoms with E-state index in [1.807, 2.05) is 47.1 Å². The number of aromatic nitrogens is 4. The fourth-order valence-electron chi connectivity index (χ4n) is 3.05. The molecular weight excluding hydrogens is 338 g/mol. The summed E-state index contributed by atoms with van der Waals surface area (Å²) < 4.78 is 1.92. The van der Waals surface area contributed by atoms with Gasteiger partial charge in [0.2, 0.25) is 5.91 Å². The number of amides is 1. The number of anilines is 1. The lowest BCUT2D eigenvalue weighted by Gasteiger charge is -2.21. The van der Waals surface area contributed by atoms with E-state index in [0.29, 0.717) is 24.4 Å². The molecular formula is C21H19N5O. The Morgan fingerprint density at radius 3 is 2.63 bits per heavy atom. The molecule has 27 heavy (non-hydrogen) atoms. The molecule has 0 aliphatic carbocycles. The Labute approximate surface area is 157 Å². The van der Waals surface area contributed by atoms with Gasteiger partial charge in [-0.05, 0) is 17.2 Å². The molecule has 1 aromatic carbocycles. The second-order valence-electron chi connectivity index (χ2n) is 6.34. The van der Waals surface area contributed by atoms with Crippen LogP contribution in [-0.4, -0.2) is 25.3 Å². The van der Waals surface area contributed by atoms with Crippen molar-refractivity contribution >= 4 is 17.4 Å². The topological polar surface area (TPSA) is 63.4 Å². The van der Waals surface area contributed by atoms with E-state index in [0.717, 1.165) is 16.8 Å². The molecule has 3 heterocycles. The minimum Gasteiger partial charge on any atom is -0.302 e. The van der Waals surface area contributed by atoms with Crippen LogP contribution in [0.5, 0.6) is 0 Å². The van der Waals surface area contributed by atoms with Crippen LogP contribution in [0.2, 0.25) is 0 Å². The number of benzene rings is 1. The maximum absolute atomic E-state index is 12.4. The fourth-order valence-corrected chi connectivity index (χ4v) is 3.05. The summed E-state index contributed by atoms with van der Waals surface area (Å²) in [5.74, 6) is 0.470. The van der Waals surface area contributed by atoms with E-state index in [1.54, 1.807) is 30.4 Å². The van der Waals surface area contributed by atoms with Gasteiger partial charge in [-0.1, -0.05) is 36.4 Å². The molecule has 4 aromatic rings. The number of hydrogen-bond acceptors (Lipinski definition) is 4. The van der Waals surface area contributed by atoms with Gasteiger partial charge in [0.1, 0.15) is 0 Å². The van der Waals surface area contributed by atoms with Crippen molar-refractivity contribution in [1.29, 1.82) is 0 Å². The van der Waals surface area contributed by atoms with E-state index < -0.39 is 0 Å². The quantitative estimate of drug-likeness (QED) is 0.550. The highest BCUT2D eigenvalue weighted by atomic mass is 16.2. The molecule has 0 atom stereocenters. The summed E-state index contributed by atoms with van der Waals surface area (Å²) in [5, 5.41) is 0. The molecule has 4 rings (SSSR count). The Morgan fingerprint density at radius 1 is 1.07 bits per heavy atom. The van der Waals surface area contributed by atoms with E-state index >= 15 is 0 Å². The number of pyridine rings is 1. The average molecular weight is 357 g/mol. The molecule has 3 aromatic heterocycles. The van der Waals surface area contributed by atoms with Crippen molar-refractivity contribution in [3.05, 3.63) is 90.3 Å². The Hall–Kier alpha value is -3.54. The van der Waals surface area contributed by atoms with Crippen LogP contribution in [0, 0.1) is 0 Å². The number of fused-ring (bicyclic) bond motifs is 1. The van der Waals surface area contributed by atoms with Gasteiger partial charge >= 0.3 is 0 Å². The summed E-state index contributed by atoms with van der Waals surface area (Å²) in [7, 11) is 0. The van der Waals surface area contributed by atoms with Crippen LogP contribution in [0.1, 0.15) is 23.7 Å². The van der Waals surface area contributed by atoms with Gasteiger partial charge in [-0.3, -0.25) is 14.7 Å². The van der Waals surface area contributed by atoms with Crippen molar-refractivity contribution in [2.75, 3.05) is 4.90 Å². The van der Waals surface area contributed by atoms with Gasteiger partial charge in [-0.2, -0.15) is 0 Å². The van der Waals surface area contributed by atoms with E-state index in [4.69, 9.17) is 4.98 Å². The largest absolute Gasteiger partial charge is 0.302 e. The minimum absolute atomic E-state index is 0.0897. The maximum atomic E-state index is 12.4. The number of carbonyl (C=O) groups is 1. The second kappa shape index (κ2) is 7.37. The lowest BCUT2D eigenvalue weighted by atomic mass is 10.1. The lowest BCUT2D eigenvalue weighted by Crippen LogP contribution is -2.29. The van der Waals surface area contributed by atoms with Crippen LogP contribution in [0.25, 0.3) is 5.65 Å². The Bertz CT molecular complexity index is 1060. The molecule has 134 valence electrons. The van der Waals surface area contributed by atoms with Crippen molar-refractivity contribution in [2.24, 2.45) is 0 Å². The summed E-state index contributed by atoms with van der Waals surface area (Å²) in [6.45, 7) is 1.94. The predicted octanol–water partition coefficient (Wildman–Crippen LogP) is 3.27. The van der Waals surface area contributed by atoms with Crippen LogP contribution in [-0.2, 0) is 17.8 Å². The highest BCUT2D eigenvalue weighted by molar-refractivity contribution is 5.93. The van der Waals surface area contributed by atoms with Gasteiger partial charge in [0.15, 0.2) is 11.5 Å². The molecule has 6 nitrogen and oxygen atoms in total. The maximum Gasteiger partial charge on any atom is 0.225 e. The van der Waals surface area contributed by atoms with Crippen LogP contribution in [0.15, 0.2) is 73.4 Å². The molecule has 0 saturated heterocycles. The van der Waals surface area contributed by atoms with Crippen molar-refractivity contribution in [1.82, 2.24) is 19.4 Å². The summed E-state index contributed by atoms with van der Waals surface area (Å²) in [6, 6.07) is 14.0. The highest BCUT2D eigenvalue weighted by Crippen LogP contribution is 2.22. The van der Waals surface area contributed by atoms with Gasteiger partial charge in [0.25, 0.3) is 0 Å². The molecule has 0 spiro atoms. The van der Waals surface area contributed by atoms with Gasteiger partial charge in [-0.25, -0.2) is 9.97 Å². The number of nitrogens with zero attached hydrogens (tertiary/aromatic N) is 5. The van der Waals surface area contributed by atoms with Crippen LogP contribution in [0.4, 0.5) is 5.82 Å². The van der Waals surface area contributed by atoms with E-state index in [1.165, 1.54) is 0 Å². The first-order chi connectivity index (χ1) is 13.2. The van der Waals surface area contributed by atoms with E-state index in [-0.39, 0.29) is 5.91 Å². The third-order valence-corrected chi connectivity index (χ3v) is 4.33. The summed E-state index contributed by atoms with van der Waals surface area (Å²) in [4.78, 5) is 27.4. The van der Waals surface area contributed by atoms with Crippen molar-refractivity contribution < 1.29 is 4.79 Å². The molecule has 1 amide bonds. The third-order valence-electron chi connectivity index (χ3n) is 4.33. The SMILES string of the molecule is CC(=O)N(Cc1cccnc1)c1nc(Cc2ccccc2)cn2ccnc12. The molecule has 0 unspecified atom stereocenters. The summed E-state index contributed by atoms with van der Waals surface area (Å²) >= 11 is 0. The Morgan fingerprint density at radius 2 is 1.89 bits per heavy atom. The van der Waals surface area contributed by atoms with Crippen molar-refractivity contribution in [3.8, 4) is 0 Å². The first kappa shape index (κ1) is 16.9. The zero-order valence-electron chi connectivity index (χ0n) is 15.0. The van der Waals surface area contributed by atoms with Gasteiger partial charge in [-0.15, -0.1) is 0 Å². The van der Waals surface area contributed by atoms with Crippen LogP contribution in [0.3, 0.4) is 0 Å². The number of hydrogen-bond donors (Lipinski definition) is 0. The van der Waals surface area contributed by atoms with E-state index in [9.17, 15) is 4.79 Å². The first-order valence-electron chi connectivity index (χ1n) is 8.74. The molecule has 0 aliphatic rings. The standard InChI is InChI=1S/C21H19N5O/c1-16(27)26(14-18-8-5-9-22-13-18)21-20-23-10-11-25(20)15-19(24-21)12-17-6-3-2-4-7-17/h2-11,13,15H,12,14H2,1H3. The monoisotopic (exact) mass is 357 g/mol. The van der Waals surface area contributed by atoms with E-state index in [2.05, 4.69) is 22.1 Å². The Kier molecular flexibility index (Phi) is 4.61. The molecule has 0 aliphatic heterocycles. The highest BCUT2D eigenvalue weighted by Gasteiger charge is 2.19. The van der Waals surface area contributed by atoms with Gasteiger partial charge in [0.05, 0.1) is 12.2 Å². The average Bonchev–Trinajstić information content (AvgIpc) is 3.16. The van der Waals surface area contributed by atoms with Gasteiger partial charge < -0.3 is 4.40 Å². The number of imidazole rings is 1. The number of carbonyl (C=O) groups excluding carboxylic acids is 1. The van der Waals surface area contributed by atoms with Gasteiger partial charge in [0, 0.05) is 44.3 Å². The smallest absolute Gasteiger partial charge is 0.225 e. The first-order valence-corrected chi connectivity index (χ1v) is 8.74. The van der Waals surface area contributed by atoms with Crippen molar-refractivity contribution in [2.45, 2.75) is 19.9 Å². The molecule has 0 bridgehead atoms. The molecule has 0 radical (unpaired) electrons. The number of rotatable bonds is 5. The fraction of sp³-hybridized carbons (Fsp3) is 0.143. The van der Waals surface area contributed by atoms with Crippen LogP contribution < -0.4 is 4.90 Å². The molecule has 6 heteroatoms. The summed E-state index contributed by atoms with van der Waals surface area (Å²) in [6.07, 6.45) is 9.70. The lowest BCUT2D eigenvalue weighted by molar-refractivity contribution is -0.116. The minimum atomic E-state index is -0.0897. The third kappa shape index (κ3) is 3.69. The predicted molar refractivity (Wildman–Crippen MR) is 103 cm³/mol. The molecule has 0 fully saturated rings. The summed E-state index contributed by atoms with van der Waals surface area (Å²) in [5.41, 5.74) is 3.63. The zero-order chi connectivity index (χ0) is 18.6. The molecule has 0 N–H and O–H groups in total. The van der Waals surface area contributed by atoms with Crippen molar-refractivity contribution in [3.63, 3.8) is 0 Å². The second-order valence-corrected chi connectivity index (χ2v) is 6.34.